The van der Waals surface area contributed by atoms with Crippen molar-refractivity contribution in [1.29, 1.82) is 0 Å². The molecule has 0 radical (unpaired) electrons. The van der Waals surface area contributed by atoms with E-state index in [2.05, 4.69) is 18.5 Å². The Kier molecular flexibility index (Phi) is 6.59. The number of ether oxygens (including phenoxy) is 2. The largest absolute Gasteiger partial charge is 0.452 e. The Balaban J connectivity index is 0.000000570. The van der Waals surface area contributed by atoms with Crippen LogP contribution in [0.4, 0.5) is 0 Å². The van der Waals surface area contributed by atoms with E-state index in [0.29, 0.717) is 12.6 Å². The van der Waals surface area contributed by atoms with Gasteiger partial charge in [-0.3, -0.25) is 9.36 Å². The van der Waals surface area contributed by atoms with E-state index < -0.39 is 0 Å². The normalized spacial score (nSPS) is 25.2. The lowest BCUT2D eigenvalue weighted by Gasteiger charge is -2.42. The third-order valence-electron chi connectivity index (χ3n) is 4.85. The smallest absolute Gasteiger partial charge is 0.300 e. The number of rotatable bonds is 2. The number of imidazole rings is 1. The van der Waals surface area contributed by atoms with Crippen molar-refractivity contribution in [3.8, 4) is 6.01 Å². The van der Waals surface area contributed by atoms with Gasteiger partial charge in [-0.05, 0) is 31.1 Å². The van der Waals surface area contributed by atoms with Crippen LogP contribution in [0.3, 0.4) is 0 Å². The average Bonchev–Trinajstić information content (AvgIpc) is 3.02. The van der Waals surface area contributed by atoms with Crippen LogP contribution in [0.5, 0.6) is 6.01 Å². The zero-order valence-electron chi connectivity index (χ0n) is 16.7. The number of fused-ring (bicyclic) bond motifs is 2. The fourth-order valence-electron chi connectivity index (χ4n) is 3.73. The fourth-order valence-corrected chi connectivity index (χ4v) is 3.73. The average molecular weight is 358 g/mol. The van der Waals surface area contributed by atoms with Crippen LogP contribution < -0.4 is 4.74 Å². The van der Waals surface area contributed by atoms with E-state index in [9.17, 15) is 4.79 Å². The van der Waals surface area contributed by atoms with Gasteiger partial charge in [-0.1, -0.05) is 46.8 Å². The maximum Gasteiger partial charge on any atom is 0.300 e. The molecule has 0 N–H and O–H groups in total. The zero-order valence-corrected chi connectivity index (χ0v) is 16.7. The maximum absolute atomic E-state index is 11.3. The third-order valence-corrected chi connectivity index (χ3v) is 4.85. The molecule has 3 unspecified atom stereocenters. The Morgan fingerprint density at radius 1 is 1.31 bits per heavy atom. The molecule has 4 rings (SSSR count). The highest BCUT2D eigenvalue weighted by Crippen LogP contribution is 2.46. The van der Waals surface area contributed by atoms with Gasteiger partial charge in [-0.15, -0.1) is 0 Å². The second-order valence-corrected chi connectivity index (χ2v) is 5.94. The fraction of sp³-hybridized carbons (Fsp3) is 0.524. The van der Waals surface area contributed by atoms with Crippen LogP contribution in [0, 0.1) is 12.8 Å². The standard InChI is InChI=1S/C17H18N2O3.2C2H6/c1-4-13-10(3)18-17-19(13)16-15-12(5-6-21-16)9(2)11(8-20)7-14(15)22-17;2*1-2/h4,7-9,14,16H,1,5-6H2,2-3H3;2*1-2H3. The minimum Gasteiger partial charge on any atom is -0.452 e. The van der Waals surface area contributed by atoms with Gasteiger partial charge in [0.05, 0.1) is 18.0 Å². The number of hydrogen-bond acceptors (Lipinski definition) is 4. The van der Waals surface area contributed by atoms with Crippen molar-refractivity contribution < 1.29 is 14.3 Å². The molecule has 3 aliphatic rings. The molecule has 3 atom stereocenters. The highest BCUT2D eigenvalue weighted by atomic mass is 16.5. The molecule has 0 aromatic carbocycles. The molecule has 0 saturated carbocycles. The molecule has 2 aliphatic heterocycles. The molecule has 26 heavy (non-hydrogen) atoms. The van der Waals surface area contributed by atoms with Crippen molar-refractivity contribution in [2.45, 2.75) is 60.3 Å². The highest BCUT2D eigenvalue weighted by Gasteiger charge is 2.43. The number of aromatic nitrogens is 2. The Bertz CT molecular complexity index is 743. The third kappa shape index (κ3) is 3.05. The van der Waals surface area contributed by atoms with Crippen LogP contribution in [-0.4, -0.2) is 28.5 Å². The summed E-state index contributed by atoms with van der Waals surface area (Å²) in [6, 6.07) is 0.531. The van der Waals surface area contributed by atoms with E-state index in [1.54, 1.807) is 6.08 Å². The predicted octanol–water partition coefficient (Wildman–Crippen LogP) is 4.64. The van der Waals surface area contributed by atoms with Crippen LogP contribution in [0.2, 0.25) is 0 Å². The van der Waals surface area contributed by atoms with E-state index in [1.807, 2.05) is 45.3 Å². The molecule has 0 amide bonds. The number of carbonyl (C=O) groups excluding carboxylic acids is 1. The summed E-state index contributed by atoms with van der Waals surface area (Å²) < 4.78 is 14.1. The molecule has 1 aromatic rings. The quantitative estimate of drug-likeness (QED) is 0.571. The topological polar surface area (TPSA) is 53.4 Å². The monoisotopic (exact) mass is 358 g/mol. The molecular formula is C21H30N2O3. The first-order valence-corrected chi connectivity index (χ1v) is 9.55. The molecule has 5 heteroatoms. The molecule has 0 spiro atoms. The van der Waals surface area contributed by atoms with E-state index >= 15 is 0 Å². The van der Waals surface area contributed by atoms with Crippen LogP contribution >= 0.6 is 0 Å². The molecule has 0 fully saturated rings. The summed E-state index contributed by atoms with van der Waals surface area (Å²) in [6.07, 6.45) is 4.99. The SMILES string of the molecule is C=Cc1c(C)nc2n1C1OCCC3=C1C(C=C(C=O)C3C)O2.CC.CC. The van der Waals surface area contributed by atoms with Crippen molar-refractivity contribution in [2.24, 2.45) is 5.92 Å². The van der Waals surface area contributed by atoms with Gasteiger partial charge in [0, 0.05) is 11.5 Å². The van der Waals surface area contributed by atoms with Gasteiger partial charge >= 0.3 is 0 Å². The molecule has 142 valence electrons. The van der Waals surface area contributed by atoms with Crippen molar-refractivity contribution in [3.63, 3.8) is 0 Å². The Labute approximate surface area is 156 Å². The predicted molar refractivity (Wildman–Crippen MR) is 104 cm³/mol. The summed E-state index contributed by atoms with van der Waals surface area (Å²) in [5.41, 5.74) is 4.96. The highest BCUT2D eigenvalue weighted by molar-refractivity contribution is 5.76. The summed E-state index contributed by atoms with van der Waals surface area (Å²) >= 11 is 0. The first kappa shape index (κ1) is 20.2. The summed E-state index contributed by atoms with van der Waals surface area (Å²) in [5.74, 6) is 0.122. The summed E-state index contributed by atoms with van der Waals surface area (Å²) in [7, 11) is 0. The first-order valence-electron chi connectivity index (χ1n) is 9.55. The lowest BCUT2D eigenvalue weighted by molar-refractivity contribution is -0.105. The van der Waals surface area contributed by atoms with Gasteiger partial charge in [0.1, 0.15) is 12.4 Å². The van der Waals surface area contributed by atoms with E-state index in [4.69, 9.17) is 9.47 Å². The lowest BCUT2D eigenvalue weighted by Crippen LogP contribution is -2.40. The van der Waals surface area contributed by atoms with Crippen molar-refractivity contribution in [1.82, 2.24) is 9.55 Å². The van der Waals surface area contributed by atoms with E-state index in [0.717, 1.165) is 35.2 Å². The summed E-state index contributed by atoms with van der Waals surface area (Å²) in [4.78, 5) is 15.8. The number of aldehydes is 1. The van der Waals surface area contributed by atoms with Gasteiger partial charge in [0.25, 0.3) is 6.01 Å². The minimum atomic E-state index is -0.260. The van der Waals surface area contributed by atoms with E-state index in [-0.39, 0.29) is 18.2 Å². The number of hydrogen-bond donors (Lipinski definition) is 0. The second-order valence-electron chi connectivity index (χ2n) is 5.94. The van der Waals surface area contributed by atoms with E-state index in [1.165, 1.54) is 5.57 Å². The van der Waals surface area contributed by atoms with Crippen molar-refractivity contribution in [3.05, 3.63) is 40.8 Å². The first-order chi connectivity index (χ1) is 12.7. The zero-order chi connectivity index (χ0) is 19.4. The van der Waals surface area contributed by atoms with Crippen LogP contribution in [0.1, 0.15) is 58.7 Å². The van der Waals surface area contributed by atoms with Crippen LogP contribution in [0.15, 0.2) is 29.4 Å². The molecule has 1 aromatic heterocycles. The van der Waals surface area contributed by atoms with Crippen LogP contribution in [-0.2, 0) is 9.53 Å². The van der Waals surface area contributed by atoms with Crippen molar-refractivity contribution in [2.75, 3.05) is 6.61 Å². The molecule has 5 nitrogen and oxygen atoms in total. The van der Waals surface area contributed by atoms with Gasteiger partial charge in [0.15, 0.2) is 6.23 Å². The Hall–Kier alpha value is -2.14. The number of nitrogens with zero attached hydrogens (tertiary/aromatic N) is 2. The van der Waals surface area contributed by atoms with Gasteiger partial charge in [0.2, 0.25) is 0 Å². The summed E-state index contributed by atoms with van der Waals surface area (Å²) in [6.45, 7) is 16.5. The Morgan fingerprint density at radius 3 is 2.62 bits per heavy atom. The molecule has 1 aliphatic carbocycles. The molecule has 3 heterocycles. The molecular weight excluding hydrogens is 328 g/mol. The van der Waals surface area contributed by atoms with Crippen molar-refractivity contribution >= 4 is 12.4 Å². The van der Waals surface area contributed by atoms with Gasteiger partial charge in [-0.2, -0.15) is 4.98 Å². The van der Waals surface area contributed by atoms with Gasteiger partial charge in [-0.25, -0.2) is 0 Å². The van der Waals surface area contributed by atoms with Gasteiger partial charge < -0.3 is 9.47 Å². The van der Waals surface area contributed by atoms with Crippen LogP contribution in [0.25, 0.3) is 6.08 Å². The second kappa shape index (κ2) is 8.49. The summed E-state index contributed by atoms with van der Waals surface area (Å²) in [5, 5.41) is 0. The number of allylic oxidation sites excluding steroid dienone is 1. The minimum absolute atomic E-state index is 0.122. The Morgan fingerprint density at radius 2 is 2.00 bits per heavy atom. The number of carbonyl (C=O) groups is 1. The molecule has 0 bridgehead atoms. The lowest BCUT2D eigenvalue weighted by atomic mass is 9.78. The number of aryl methyl sites for hydroxylation is 1. The molecule has 0 saturated heterocycles. The maximum atomic E-state index is 11.3.